The van der Waals surface area contributed by atoms with Crippen LogP contribution in [0.3, 0.4) is 0 Å². The zero-order valence-corrected chi connectivity index (χ0v) is 14.2. The average molecular weight is 336 g/mol. The number of anilines is 2. The Labute approximate surface area is 135 Å². The molecule has 1 fully saturated rings. The molecule has 0 spiro atoms. The van der Waals surface area contributed by atoms with Crippen molar-refractivity contribution in [1.82, 2.24) is 10.1 Å². The molecule has 1 aromatic heterocycles. The van der Waals surface area contributed by atoms with Crippen LogP contribution in [0.25, 0.3) is 0 Å². The van der Waals surface area contributed by atoms with E-state index in [0.717, 1.165) is 16.9 Å². The Bertz CT molecular complexity index is 816. The van der Waals surface area contributed by atoms with Crippen LogP contribution in [0.1, 0.15) is 36.7 Å². The molecule has 124 valence electrons. The van der Waals surface area contributed by atoms with Crippen LogP contribution in [-0.2, 0) is 10.0 Å². The number of sulfonamides is 1. The molecular weight excluding hydrogens is 316 g/mol. The maximum atomic E-state index is 12.1. The molecule has 2 heterocycles. The van der Waals surface area contributed by atoms with Gasteiger partial charge in [-0.2, -0.15) is 4.98 Å². The molecule has 2 aromatic rings. The highest BCUT2D eigenvalue weighted by Gasteiger charge is 2.29. The van der Waals surface area contributed by atoms with Crippen LogP contribution in [-0.4, -0.2) is 30.9 Å². The molecule has 7 nitrogen and oxygen atoms in total. The van der Waals surface area contributed by atoms with E-state index in [1.54, 1.807) is 6.92 Å². The summed E-state index contributed by atoms with van der Waals surface area (Å²) in [6, 6.07) is 5.53. The highest BCUT2D eigenvalue weighted by molar-refractivity contribution is 7.93. The largest absolute Gasteiger partial charge is 0.374 e. The summed E-state index contributed by atoms with van der Waals surface area (Å²) >= 11 is 0. The molecule has 8 heteroatoms. The minimum absolute atomic E-state index is 0.165. The van der Waals surface area contributed by atoms with Crippen molar-refractivity contribution in [3.8, 4) is 0 Å². The minimum Gasteiger partial charge on any atom is -0.374 e. The number of aryl methyl sites for hydroxylation is 2. The van der Waals surface area contributed by atoms with Crippen molar-refractivity contribution < 1.29 is 12.9 Å². The Hall–Kier alpha value is -2.09. The number of nitrogens with zero attached hydrogens (tertiary/aromatic N) is 3. The number of rotatable bonds is 4. The van der Waals surface area contributed by atoms with Crippen molar-refractivity contribution in [2.75, 3.05) is 21.9 Å². The highest BCUT2D eigenvalue weighted by atomic mass is 32.2. The van der Waals surface area contributed by atoms with Crippen molar-refractivity contribution in [3.05, 3.63) is 35.5 Å². The van der Waals surface area contributed by atoms with Crippen LogP contribution in [0.4, 0.5) is 11.4 Å². The van der Waals surface area contributed by atoms with Gasteiger partial charge in [-0.15, -0.1) is 0 Å². The summed E-state index contributed by atoms with van der Waals surface area (Å²) in [4.78, 5) is 4.20. The fourth-order valence-corrected chi connectivity index (χ4v) is 4.30. The van der Waals surface area contributed by atoms with Crippen molar-refractivity contribution in [1.29, 1.82) is 0 Å². The molecule has 23 heavy (non-hydrogen) atoms. The maximum Gasteiger partial charge on any atom is 0.248 e. The summed E-state index contributed by atoms with van der Waals surface area (Å²) in [5.74, 6) is 1.29. The number of benzene rings is 1. The quantitative estimate of drug-likeness (QED) is 0.922. The van der Waals surface area contributed by atoms with Gasteiger partial charge in [-0.1, -0.05) is 11.2 Å². The number of aromatic nitrogens is 2. The summed E-state index contributed by atoms with van der Waals surface area (Å²) in [5, 5.41) is 7.05. The van der Waals surface area contributed by atoms with Gasteiger partial charge in [0.2, 0.25) is 15.9 Å². The number of hydrogen-bond donors (Lipinski definition) is 1. The predicted molar refractivity (Wildman–Crippen MR) is 88.0 cm³/mol. The van der Waals surface area contributed by atoms with Crippen LogP contribution in [0.5, 0.6) is 0 Å². The standard InChI is InChI=1S/C15H20N4O3S/c1-10-5-6-13(16-11(2)15-17-12(3)18-22-15)9-14(10)19-7-4-8-23(19,20)21/h5-6,9,11,16H,4,7-8H2,1-3H3. The second-order valence-electron chi connectivity index (χ2n) is 5.79. The molecular formula is C15H20N4O3S. The molecule has 1 N–H and O–H groups in total. The van der Waals surface area contributed by atoms with Gasteiger partial charge in [0.05, 0.1) is 11.4 Å². The summed E-state index contributed by atoms with van der Waals surface area (Å²) in [5.41, 5.74) is 2.47. The molecule has 0 saturated carbocycles. The summed E-state index contributed by atoms with van der Waals surface area (Å²) in [7, 11) is -3.19. The monoisotopic (exact) mass is 336 g/mol. The van der Waals surface area contributed by atoms with Gasteiger partial charge in [0.1, 0.15) is 6.04 Å². The molecule has 1 aliphatic heterocycles. The van der Waals surface area contributed by atoms with E-state index < -0.39 is 10.0 Å². The summed E-state index contributed by atoms with van der Waals surface area (Å²) < 4.78 is 30.9. The molecule has 0 aliphatic carbocycles. The van der Waals surface area contributed by atoms with E-state index in [1.807, 2.05) is 32.0 Å². The van der Waals surface area contributed by atoms with Gasteiger partial charge < -0.3 is 9.84 Å². The van der Waals surface area contributed by atoms with E-state index in [2.05, 4.69) is 15.5 Å². The second-order valence-corrected chi connectivity index (χ2v) is 7.80. The Balaban J connectivity index is 1.86. The van der Waals surface area contributed by atoms with Crippen LogP contribution in [0.2, 0.25) is 0 Å². The Morgan fingerprint density at radius 2 is 2.13 bits per heavy atom. The van der Waals surface area contributed by atoms with E-state index in [0.29, 0.717) is 24.7 Å². The Kier molecular flexibility index (Phi) is 4.01. The smallest absolute Gasteiger partial charge is 0.248 e. The zero-order chi connectivity index (χ0) is 16.6. The second kappa shape index (κ2) is 5.84. The van der Waals surface area contributed by atoms with E-state index in [9.17, 15) is 8.42 Å². The molecule has 1 unspecified atom stereocenters. The van der Waals surface area contributed by atoms with Crippen LogP contribution < -0.4 is 9.62 Å². The number of nitrogens with one attached hydrogen (secondary N) is 1. The molecule has 1 atom stereocenters. The molecule has 1 aromatic carbocycles. The third kappa shape index (κ3) is 3.17. The van der Waals surface area contributed by atoms with Gasteiger partial charge in [-0.05, 0) is 44.9 Å². The maximum absolute atomic E-state index is 12.1. The minimum atomic E-state index is -3.19. The Morgan fingerprint density at radius 3 is 2.74 bits per heavy atom. The van der Waals surface area contributed by atoms with Gasteiger partial charge in [-0.3, -0.25) is 4.31 Å². The van der Waals surface area contributed by atoms with Crippen LogP contribution in [0.15, 0.2) is 22.7 Å². The zero-order valence-electron chi connectivity index (χ0n) is 13.4. The molecule has 0 bridgehead atoms. The van der Waals surface area contributed by atoms with Gasteiger partial charge in [0.25, 0.3) is 0 Å². The first kappa shape index (κ1) is 15.8. The summed E-state index contributed by atoms with van der Waals surface area (Å²) in [6.07, 6.45) is 0.664. The lowest BCUT2D eigenvalue weighted by Gasteiger charge is -2.21. The molecule has 0 radical (unpaired) electrons. The summed E-state index contributed by atoms with van der Waals surface area (Å²) in [6.45, 7) is 6.13. The third-order valence-electron chi connectivity index (χ3n) is 3.87. The van der Waals surface area contributed by atoms with Crippen molar-refractivity contribution >= 4 is 21.4 Å². The first-order chi connectivity index (χ1) is 10.9. The van der Waals surface area contributed by atoms with Crippen LogP contribution >= 0.6 is 0 Å². The van der Waals surface area contributed by atoms with Crippen molar-refractivity contribution in [2.45, 2.75) is 33.2 Å². The number of hydrogen-bond acceptors (Lipinski definition) is 6. The molecule has 0 amide bonds. The molecule has 1 aliphatic rings. The lowest BCUT2D eigenvalue weighted by molar-refractivity contribution is 0.364. The first-order valence-corrected chi connectivity index (χ1v) is 9.15. The highest BCUT2D eigenvalue weighted by Crippen LogP contribution is 2.31. The fourth-order valence-electron chi connectivity index (χ4n) is 2.68. The van der Waals surface area contributed by atoms with Gasteiger partial charge in [0.15, 0.2) is 5.82 Å². The third-order valence-corrected chi connectivity index (χ3v) is 5.73. The van der Waals surface area contributed by atoms with Gasteiger partial charge >= 0.3 is 0 Å². The first-order valence-electron chi connectivity index (χ1n) is 7.54. The van der Waals surface area contributed by atoms with Gasteiger partial charge in [-0.25, -0.2) is 8.42 Å². The normalized spacial score (nSPS) is 18.1. The van der Waals surface area contributed by atoms with Gasteiger partial charge in [0, 0.05) is 12.2 Å². The average Bonchev–Trinajstić information content (AvgIpc) is 3.06. The molecule has 3 rings (SSSR count). The van der Waals surface area contributed by atoms with Crippen molar-refractivity contribution in [2.24, 2.45) is 0 Å². The van der Waals surface area contributed by atoms with E-state index in [-0.39, 0.29) is 11.8 Å². The lowest BCUT2D eigenvalue weighted by atomic mass is 10.1. The lowest BCUT2D eigenvalue weighted by Crippen LogP contribution is -2.26. The van der Waals surface area contributed by atoms with E-state index >= 15 is 0 Å². The van der Waals surface area contributed by atoms with Crippen LogP contribution in [0, 0.1) is 13.8 Å². The van der Waals surface area contributed by atoms with E-state index in [1.165, 1.54) is 4.31 Å². The van der Waals surface area contributed by atoms with Crippen molar-refractivity contribution in [3.63, 3.8) is 0 Å². The topological polar surface area (TPSA) is 88.3 Å². The SMILES string of the molecule is Cc1noc(C(C)Nc2ccc(C)c(N3CCCS3(=O)=O)c2)n1. The predicted octanol–water partition coefficient (Wildman–Crippen LogP) is 2.40. The Morgan fingerprint density at radius 1 is 1.35 bits per heavy atom. The molecule has 1 saturated heterocycles. The fraction of sp³-hybridized carbons (Fsp3) is 0.467. The van der Waals surface area contributed by atoms with E-state index in [4.69, 9.17) is 4.52 Å².